The highest BCUT2D eigenvalue weighted by Crippen LogP contribution is 2.23. The first-order valence-corrected chi connectivity index (χ1v) is 5.20. The number of rotatable bonds is 4. The Bertz CT molecular complexity index is 232. The Morgan fingerprint density at radius 3 is 2.83 bits per heavy atom. The lowest BCUT2D eigenvalue weighted by molar-refractivity contribution is 0.306. The summed E-state index contributed by atoms with van der Waals surface area (Å²) in [5.41, 5.74) is 0. The third-order valence-corrected chi connectivity index (χ3v) is 2.57. The van der Waals surface area contributed by atoms with Gasteiger partial charge in [0.05, 0.1) is 17.0 Å². The highest BCUT2D eigenvalue weighted by molar-refractivity contribution is 7.09. The molecular weight excluding hydrogens is 170 g/mol. The van der Waals surface area contributed by atoms with Crippen LogP contribution in [-0.4, -0.2) is 11.6 Å². The Morgan fingerprint density at radius 1 is 1.58 bits per heavy atom. The molecule has 1 aromatic heterocycles. The lowest BCUT2D eigenvalue weighted by atomic mass is 10.2. The van der Waals surface area contributed by atoms with Crippen molar-refractivity contribution in [2.75, 3.05) is 6.61 Å². The van der Waals surface area contributed by atoms with Gasteiger partial charge in [0.25, 0.3) is 0 Å². The van der Waals surface area contributed by atoms with Crippen molar-refractivity contribution in [2.24, 2.45) is 0 Å². The molecule has 1 aromatic rings. The van der Waals surface area contributed by atoms with Gasteiger partial charge in [0, 0.05) is 5.92 Å². The van der Waals surface area contributed by atoms with Gasteiger partial charge < -0.3 is 4.74 Å². The van der Waals surface area contributed by atoms with E-state index in [1.807, 2.05) is 5.38 Å². The van der Waals surface area contributed by atoms with Gasteiger partial charge in [0.1, 0.15) is 0 Å². The summed E-state index contributed by atoms with van der Waals surface area (Å²) in [7, 11) is 0. The second kappa shape index (κ2) is 4.45. The van der Waals surface area contributed by atoms with Crippen molar-refractivity contribution < 1.29 is 4.74 Å². The molecule has 12 heavy (non-hydrogen) atoms. The van der Waals surface area contributed by atoms with Gasteiger partial charge in [-0.15, -0.1) is 11.3 Å². The monoisotopic (exact) mass is 185 g/mol. The minimum atomic E-state index is 0.508. The van der Waals surface area contributed by atoms with E-state index in [0.29, 0.717) is 5.92 Å². The maximum absolute atomic E-state index is 5.39. The fraction of sp³-hybridized carbons (Fsp3) is 0.667. The molecule has 1 rings (SSSR count). The summed E-state index contributed by atoms with van der Waals surface area (Å²) in [5, 5.41) is 3.13. The molecule has 0 unspecified atom stereocenters. The molecule has 3 heteroatoms. The molecule has 0 atom stereocenters. The second-order valence-electron chi connectivity index (χ2n) is 3.03. The minimum Gasteiger partial charge on any atom is -0.477 e. The molecule has 0 fully saturated rings. The third-order valence-electron chi connectivity index (χ3n) is 1.45. The van der Waals surface area contributed by atoms with Crippen LogP contribution in [-0.2, 0) is 0 Å². The number of aromatic nitrogens is 1. The Kier molecular flexibility index (Phi) is 3.53. The van der Waals surface area contributed by atoms with Gasteiger partial charge in [-0.2, -0.15) is 0 Å². The summed E-state index contributed by atoms with van der Waals surface area (Å²) in [6.07, 6.45) is 1.04. The number of thiazole rings is 1. The quantitative estimate of drug-likeness (QED) is 0.719. The summed E-state index contributed by atoms with van der Waals surface area (Å²) in [6.45, 7) is 7.14. The molecule has 0 saturated carbocycles. The number of ether oxygens (including phenoxy) is 1. The predicted molar refractivity (Wildman–Crippen MR) is 52.0 cm³/mol. The molecule has 0 aliphatic heterocycles. The van der Waals surface area contributed by atoms with E-state index in [-0.39, 0.29) is 0 Å². The lowest BCUT2D eigenvalue weighted by Crippen LogP contribution is -1.95. The van der Waals surface area contributed by atoms with Crippen molar-refractivity contribution in [1.29, 1.82) is 0 Å². The van der Waals surface area contributed by atoms with Crippen molar-refractivity contribution in [3.63, 3.8) is 0 Å². The first-order valence-electron chi connectivity index (χ1n) is 4.32. The largest absolute Gasteiger partial charge is 0.477 e. The number of hydrogen-bond donors (Lipinski definition) is 0. The van der Waals surface area contributed by atoms with Crippen LogP contribution in [0.2, 0.25) is 0 Å². The van der Waals surface area contributed by atoms with Crippen LogP contribution >= 0.6 is 11.3 Å². The van der Waals surface area contributed by atoms with Crippen LogP contribution in [0.15, 0.2) is 5.38 Å². The third kappa shape index (κ3) is 2.48. The van der Waals surface area contributed by atoms with Crippen molar-refractivity contribution in [1.82, 2.24) is 4.98 Å². The maximum atomic E-state index is 5.39. The van der Waals surface area contributed by atoms with Gasteiger partial charge in [-0.05, 0) is 6.42 Å². The molecule has 0 aliphatic rings. The summed E-state index contributed by atoms with van der Waals surface area (Å²) in [6, 6.07) is 0. The molecule has 0 spiro atoms. The van der Waals surface area contributed by atoms with Crippen LogP contribution in [0.4, 0.5) is 0 Å². The Morgan fingerprint density at radius 2 is 2.33 bits per heavy atom. The first-order chi connectivity index (χ1) is 5.74. The van der Waals surface area contributed by atoms with E-state index in [0.717, 1.165) is 23.9 Å². The molecule has 0 saturated heterocycles. The minimum absolute atomic E-state index is 0.508. The van der Waals surface area contributed by atoms with Crippen molar-refractivity contribution in [2.45, 2.75) is 33.1 Å². The van der Waals surface area contributed by atoms with Gasteiger partial charge in [-0.3, -0.25) is 0 Å². The topological polar surface area (TPSA) is 22.1 Å². The zero-order valence-electron chi connectivity index (χ0n) is 7.83. The Hall–Kier alpha value is -0.570. The van der Waals surface area contributed by atoms with Crippen LogP contribution in [0.25, 0.3) is 0 Å². The van der Waals surface area contributed by atoms with E-state index in [2.05, 4.69) is 25.8 Å². The van der Waals surface area contributed by atoms with E-state index in [9.17, 15) is 0 Å². The van der Waals surface area contributed by atoms with Crippen molar-refractivity contribution in [3.05, 3.63) is 10.4 Å². The molecule has 0 radical (unpaired) electrons. The summed E-state index contributed by atoms with van der Waals surface area (Å²) < 4.78 is 5.39. The predicted octanol–water partition coefficient (Wildman–Crippen LogP) is 3.06. The molecule has 1 heterocycles. The van der Waals surface area contributed by atoms with E-state index in [1.165, 1.54) is 0 Å². The lowest BCUT2D eigenvalue weighted by Gasteiger charge is -1.99. The standard InChI is InChI=1S/C9H15NOS/c1-4-5-11-8-6-12-9(10-8)7(2)3/h6-7H,4-5H2,1-3H3. The molecule has 0 aliphatic carbocycles. The molecule has 0 amide bonds. The van der Waals surface area contributed by atoms with Crippen LogP contribution in [0.3, 0.4) is 0 Å². The SMILES string of the molecule is CCCOc1csc(C(C)C)n1. The molecule has 0 N–H and O–H groups in total. The highest BCUT2D eigenvalue weighted by atomic mass is 32.1. The van der Waals surface area contributed by atoms with Crippen molar-refractivity contribution >= 4 is 11.3 Å². The smallest absolute Gasteiger partial charge is 0.224 e. The Balaban J connectivity index is 2.52. The van der Waals surface area contributed by atoms with Crippen LogP contribution in [0.5, 0.6) is 5.88 Å². The fourth-order valence-corrected chi connectivity index (χ4v) is 1.57. The number of nitrogens with zero attached hydrogens (tertiary/aromatic N) is 1. The number of hydrogen-bond acceptors (Lipinski definition) is 3. The Labute approximate surface area is 77.6 Å². The first kappa shape index (κ1) is 9.52. The van der Waals surface area contributed by atoms with Crippen molar-refractivity contribution in [3.8, 4) is 5.88 Å². The maximum Gasteiger partial charge on any atom is 0.224 e. The van der Waals surface area contributed by atoms with Gasteiger partial charge in [0.2, 0.25) is 5.88 Å². The summed E-state index contributed by atoms with van der Waals surface area (Å²) in [4.78, 5) is 4.34. The zero-order chi connectivity index (χ0) is 8.97. The van der Waals surface area contributed by atoms with E-state index in [4.69, 9.17) is 4.74 Å². The highest BCUT2D eigenvalue weighted by Gasteiger charge is 2.05. The van der Waals surface area contributed by atoms with Gasteiger partial charge in [-0.25, -0.2) is 4.98 Å². The average molecular weight is 185 g/mol. The molecule has 0 bridgehead atoms. The van der Waals surface area contributed by atoms with E-state index >= 15 is 0 Å². The van der Waals surface area contributed by atoms with Gasteiger partial charge in [-0.1, -0.05) is 20.8 Å². The normalized spacial score (nSPS) is 10.7. The molecular formula is C9H15NOS. The van der Waals surface area contributed by atoms with Gasteiger partial charge >= 0.3 is 0 Å². The molecule has 0 aromatic carbocycles. The van der Waals surface area contributed by atoms with Crippen LogP contribution in [0.1, 0.15) is 38.1 Å². The summed E-state index contributed by atoms with van der Waals surface area (Å²) in [5.74, 6) is 1.29. The van der Waals surface area contributed by atoms with Crippen LogP contribution < -0.4 is 4.74 Å². The molecule has 68 valence electrons. The van der Waals surface area contributed by atoms with E-state index in [1.54, 1.807) is 11.3 Å². The summed E-state index contributed by atoms with van der Waals surface area (Å²) >= 11 is 1.67. The molecule has 2 nitrogen and oxygen atoms in total. The van der Waals surface area contributed by atoms with E-state index < -0.39 is 0 Å². The zero-order valence-corrected chi connectivity index (χ0v) is 8.65. The van der Waals surface area contributed by atoms with Gasteiger partial charge in [0.15, 0.2) is 0 Å². The fourth-order valence-electron chi connectivity index (χ4n) is 0.810. The van der Waals surface area contributed by atoms with Crippen LogP contribution in [0, 0.1) is 0 Å². The second-order valence-corrected chi connectivity index (χ2v) is 3.92. The average Bonchev–Trinajstić information content (AvgIpc) is 2.48.